The van der Waals surface area contributed by atoms with Gasteiger partial charge in [-0.1, -0.05) is 23.7 Å². The van der Waals surface area contributed by atoms with Crippen LogP contribution in [-0.4, -0.2) is 38.0 Å². The molecule has 0 aliphatic rings. The van der Waals surface area contributed by atoms with Crippen LogP contribution in [0, 0.1) is 0 Å². The minimum atomic E-state index is -0.0279. The maximum absolute atomic E-state index is 11.3. The van der Waals surface area contributed by atoms with E-state index in [4.69, 9.17) is 17.3 Å². The Hall–Kier alpha value is -1.10. The predicted octanol–water partition coefficient (Wildman–Crippen LogP) is 1.02. The summed E-state index contributed by atoms with van der Waals surface area (Å²) in [6.45, 7) is 0.774. The fraction of sp³-hybridized carbons (Fsp3) is 0.417. The number of carbonyl (C=O) groups excluding carboxylic acids is 1. The fourth-order valence-electron chi connectivity index (χ4n) is 1.67. The average Bonchev–Trinajstić information content (AvgIpc) is 2.32. The number of likely N-dealkylation sites (N-methyl/N-ethyl adjacent to an activating group) is 2. The number of hydrogen-bond donors (Lipinski definition) is 2. The van der Waals surface area contributed by atoms with Crippen LogP contribution in [0.3, 0.4) is 0 Å². The third-order valence-corrected chi connectivity index (χ3v) is 2.93. The van der Waals surface area contributed by atoms with Crippen LogP contribution in [0.15, 0.2) is 24.3 Å². The number of amides is 1. The summed E-state index contributed by atoms with van der Waals surface area (Å²) in [6, 6.07) is 7.53. The van der Waals surface area contributed by atoms with Gasteiger partial charge in [-0.3, -0.25) is 9.69 Å². The molecule has 0 spiro atoms. The minimum absolute atomic E-state index is 0.0181. The van der Waals surface area contributed by atoms with Crippen molar-refractivity contribution >= 4 is 17.5 Å². The largest absolute Gasteiger partial charge is 0.358 e. The number of carbonyl (C=O) groups is 1. The molecule has 0 aromatic heterocycles. The van der Waals surface area contributed by atoms with E-state index in [1.54, 1.807) is 7.05 Å². The summed E-state index contributed by atoms with van der Waals surface area (Å²) in [7, 11) is 3.50. The summed E-state index contributed by atoms with van der Waals surface area (Å²) in [5.74, 6) is -0.0279. The number of halogens is 1. The molecule has 94 valence electrons. The zero-order valence-corrected chi connectivity index (χ0v) is 10.9. The summed E-state index contributed by atoms with van der Waals surface area (Å²) in [4.78, 5) is 13.2. The summed E-state index contributed by atoms with van der Waals surface area (Å²) in [5.41, 5.74) is 6.81. The molecular weight excluding hydrogens is 238 g/mol. The van der Waals surface area contributed by atoms with Crippen molar-refractivity contribution in [2.45, 2.75) is 6.04 Å². The van der Waals surface area contributed by atoms with Crippen molar-refractivity contribution in [1.82, 2.24) is 10.2 Å². The number of nitrogens with zero attached hydrogens (tertiary/aromatic N) is 1. The summed E-state index contributed by atoms with van der Waals surface area (Å²) in [6.07, 6.45) is 0. The van der Waals surface area contributed by atoms with E-state index in [2.05, 4.69) is 5.32 Å². The highest BCUT2D eigenvalue weighted by Crippen LogP contribution is 2.20. The molecule has 4 nitrogen and oxygen atoms in total. The van der Waals surface area contributed by atoms with E-state index < -0.39 is 0 Å². The van der Waals surface area contributed by atoms with Crippen LogP contribution < -0.4 is 11.1 Å². The Morgan fingerprint density at radius 2 is 2.06 bits per heavy atom. The molecule has 0 heterocycles. The smallest absolute Gasteiger partial charge is 0.233 e. The van der Waals surface area contributed by atoms with Gasteiger partial charge in [-0.15, -0.1) is 0 Å². The molecule has 0 radical (unpaired) electrons. The minimum Gasteiger partial charge on any atom is -0.358 e. The van der Waals surface area contributed by atoms with Crippen molar-refractivity contribution in [3.8, 4) is 0 Å². The molecule has 17 heavy (non-hydrogen) atoms. The lowest BCUT2D eigenvalue weighted by Crippen LogP contribution is -2.38. The molecule has 5 heteroatoms. The summed E-state index contributed by atoms with van der Waals surface area (Å²) < 4.78 is 0. The van der Waals surface area contributed by atoms with Gasteiger partial charge >= 0.3 is 0 Å². The predicted molar refractivity (Wildman–Crippen MR) is 69.9 cm³/mol. The van der Waals surface area contributed by atoms with Crippen LogP contribution in [-0.2, 0) is 4.79 Å². The Morgan fingerprint density at radius 3 is 2.53 bits per heavy atom. The van der Waals surface area contributed by atoms with Gasteiger partial charge in [0.15, 0.2) is 0 Å². The summed E-state index contributed by atoms with van der Waals surface area (Å²) in [5, 5.41) is 3.29. The van der Waals surface area contributed by atoms with Crippen LogP contribution in [0.5, 0.6) is 0 Å². The van der Waals surface area contributed by atoms with E-state index in [0.717, 1.165) is 5.56 Å². The maximum Gasteiger partial charge on any atom is 0.233 e. The Labute approximate surface area is 107 Å². The van der Waals surface area contributed by atoms with Gasteiger partial charge in [0, 0.05) is 24.7 Å². The lowest BCUT2D eigenvalue weighted by molar-refractivity contribution is -0.121. The van der Waals surface area contributed by atoms with Crippen LogP contribution in [0.25, 0.3) is 0 Å². The molecule has 0 aliphatic carbocycles. The number of nitrogens with two attached hydrogens (primary N) is 1. The molecule has 3 N–H and O–H groups in total. The second kappa shape index (κ2) is 6.59. The van der Waals surface area contributed by atoms with Crippen molar-refractivity contribution in [2.75, 3.05) is 27.2 Å². The van der Waals surface area contributed by atoms with Gasteiger partial charge in [0.25, 0.3) is 0 Å². The topological polar surface area (TPSA) is 58.4 Å². The lowest BCUT2D eigenvalue weighted by atomic mass is 10.1. The Morgan fingerprint density at radius 1 is 1.47 bits per heavy atom. The van der Waals surface area contributed by atoms with Crippen LogP contribution in [0.1, 0.15) is 11.6 Å². The van der Waals surface area contributed by atoms with Crippen LogP contribution in [0.4, 0.5) is 0 Å². The maximum atomic E-state index is 11.3. The average molecular weight is 256 g/mol. The van der Waals surface area contributed by atoms with Crippen molar-refractivity contribution in [2.24, 2.45) is 5.73 Å². The van der Waals surface area contributed by atoms with Gasteiger partial charge in [0.05, 0.1) is 6.54 Å². The zero-order chi connectivity index (χ0) is 12.8. The van der Waals surface area contributed by atoms with Gasteiger partial charge < -0.3 is 11.1 Å². The molecule has 0 bridgehead atoms. The van der Waals surface area contributed by atoms with Gasteiger partial charge in [-0.25, -0.2) is 0 Å². The van der Waals surface area contributed by atoms with E-state index in [0.29, 0.717) is 18.1 Å². The fourth-order valence-corrected chi connectivity index (χ4v) is 1.80. The Balaban J connectivity index is 2.76. The van der Waals surface area contributed by atoms with Gasteiger partial charge in [0.1, 0.15) is 0 Å². The zero-order valence-electron chi connectivity index (χ0n) is 10.1. The van der Waals surface area contributed by atoms with E-state index in [1.807, 2.05) is 36.2 Å². The van der Waals surface area contributed by atoms with Crippen molar-refractivity contribution < 1.29 is 4.79 Å². The summed E-state index contributed by atoms with van der Waals surface area (Å²) >= 11 is 5.84. The first-order chi connectivity index (χ1) is 8.08. The molecule has 1 rings (SSSR count). The second-order valence-electron chi connectivity index (χ2n) is 3.89. The molecule has 1 amide bonds. The highest BCUT2D eigenvalue weighted by Gasteiger charge is 2.17. The molecule has 1 aromatic carbocycles. The van der Waals surface area contributed by atoms with E-state index in [9.17, 15) is 4.79 Å². The molecule has 0 saturated heterocycles. The molecule has 1 atom stereocenters. The molecule has 0 fully saturated rings. The molecule has 0 saturated carbocycles. The highest BCUT2D eigenvalue weighted by molar-refractivity contribution is 6.30. The third-order valence-electron chi connectivity index (χ3n) is 2.68. The molecule has 1 unspecified atom stereocenters. The molecular formula is C12H18ClN3O. The third kappa shape index (κ3) is 4.00. The first-order valence-corrected chi connectivity index (χ1v) is 5.82. The van der Waals surface area contributed by atoms with Crippen molar-refractivity contribution in [3.05, 3.63) is 34.9 Å². The van der Waals surface area contributed by atoms with E-state index in [-0.39, 0.29) is 11.9 Å². The highest BCUT2D eigenvalue weighted by atomic mass is 35.5. The number of hydrogen-bond acceptors (Lipinski definition) is 3. The number of nitrogens with one attached hydrogen (secondary N) is 1. The van der Waals surface area contributed by atoms with E-state index in [1.165, 1.54) is 0 Å². The van der Waals surface area contributed by atoms with Crippen molar-refractivity contribution in [1.29, 1.82) is 0 Å². The standard InChI is InChI=1S/C12H18ClN3O/c1-15-12(17)8-16(2)11(7-14)9-3-5-10(13)6-4-9/h3-6,11H,7-8,14H2,1-2H3,(H,15,17). The van der Waals surface area contributed by atoms with Crippen molar-refractivity contribution in [3.63, 3.8) is 0 Å². The van der Waals surface area contributed by atoms with Crippen LogP contribution >= 0.6 is 11.6 Å². The molecule has 1 aromatic rings. The monoisotopic (exact) mass is 255 g/mol. The van der Waals surface area contributed by atoms with Gasteiger partial charge in [-0.05, 0) is 24.7 Å². The van der Waals surface area contributed by atoms with Gasteiger partial charge in [0.2, 0.25) is 5.91 Å². The Kier molecular flexibility index (Phi) is 5.41. The first kappa shape index (κ1) is 14.0. The number of benzene rings is 1. The van der Waals surface area contributed by atoms with E-state index >= 15 is 0 Å². The molecule has 0 aliphatic heterocycles. The van der Waals surface area contributed by atoms with Gasteiger partial charge in [-0.2, -0.15) is 0 Å². The normalized spacial score (nSPS) is 12.5. The SMILES string of the molecule is CNC(=O)CN(C)C(CN)c1ccc(Cl)cc1. The Bertz CT molecular complexity index is 367. The quantitative estimate of drug-likeness (QED) is 0.826. The first-order valence-electron chi connectivity index (χ1n) is 5.44. The lowest BCUT2D eigenvalue weighted by Gasteiger charge is -2.26. The van der Waals surface area contributed by atoms with Crippen LogP contribution in [0.2, 0.25) is 5.02 Å². The second-order valence-corrected chi connectivity index (χ2v) is 4.33. The number of rotatable bonds is 5.